The molecule has 0 spiro atoms. The van der Waals surface area contributed by atoms with E-state index in [2.05, 4.69) is 72.8 Å². The standard InChI is InChI=1S/C23H21NS.C2H4O2/c24-23(14-8-7-11-19-9-3-1-4-10-19)20-15-17-22(18-16-20)25-21-12-5-2-6-13-21;1-2(3)4/h1-7,9-13,15-18,24H,8,14H2;1H3,(H,3,4)/b11-7+,24-23?;. The number of carboxylic acid groups (broad SMARTS) is 1. The maximum Gasteiger partial charge on any atom is 0.300 e. The molecular weight excluding hydrogens is 378 g/mol. The second-order valence-corrected chi connectivity index (χ2v) is 7.44. The lowest BCUT2D eigenvalue weighted by Gasteiger charge is -2.05. The maximum atomic E-state index is 9.00. The molecule has 0 atom stereocenters. The van der Waals surface area contributed by atoms with Gasteiger partial charge in [-0.25, -0.2) is 0 Å². The minimum absolute atomic E-state index is 0.689. The number of benzene rings is 3. The lowest BCUT2D eigenvalue weighted by atomic mass is 10.1. The minimum atomic E-state index is -0.833. The summed E-state index contributed by atoms with van der Waals surface area (Å²) in [5.74, 6) is -0.833. The number of carbonyl (C=O) groups is 1. The second-order valence-electron chi connectivity index (χ2n) is 6.29. The van der Waals surface area contributed by atoms with E-state index in [0.717, 1.165) is 25.3 Å². The van der Waals surface area contributed by atoms with Crippen LogP contribution in [0.25, 0.3) is 6.08 Å². The smallest absolute Gasteiger partial charge is 0.300 e. The third kappa shape index (κ3) is 9.08. The minimum Gasteiger partial charge on any atom is -0.481 e. The molecule has 3 aromatic carbocycles. The normalized spacial score (nSPS) is 10.2. The van der Waals surface area contributed by atoms with Crippen molar-refractivity contribution in [3.05, 3.63) is 102 Å². The zero-order chi connectivity index (χ0) is 20.9. The summed E-state index contributed by atoms with van der Waals surface area (Å²) in [6.45, 7) is 1.08. The fraction of sp³-hybridized carbons (Fsp3) is 0.120. The van der Waals surface area contributed by atoms with Gasteiger partial charge in [-0.15, -0.1) is 0 Å². The van der Waals surface area contributed by atoms with Crippen LogP contribution >= 0.6 is 11.8 Å². The molecule has 0 radical (unpaired) electrons. The molecule has 0 unspecified atom stereocenters. The number of carboxylic acids is 1. The Balaban J connectivity index is 0.000000687. The Morgan fingerprint density at radius 1 is 0.897 bits per heavy atom. The largest absolute Gasteiger partial charge is 0.481 e. The molecule has 0 fully saturated rings. The fourth-order valence-corrected chi connectivity index (χ4v) is 3.34. The highest BCUT2D eigenvalue weighted by atomic mass is 32.2. The number of aliphatic carboxylic acids is 1. The summed E-state index contributed by atoms with van der Waals surface area (Å²) < 4.78 is 0. The van der Waals surface area contributed by atoms with Crippen molar-refractivity contribution < 1.29 is 9.90 Å². The first kappa shape index (κ1) is 22.2. The van der Waals surface area contributed by atoms with Gasteiger partial charge >= 0.3 is 0 Å². The van der Waals surface area contributed by atoms with Crippen LogP contribution in [0.4, 0.5) is 0 Å². The molecule has 0 aliphatic heterocycles. The Morgan fingerprint density at radius 2 is 1.41 bits per heavy atom. The molecule has 0 aliphatic carbocycles. The van der Waals surface area contributed by atoms with E-state index in [1.807, 2.05) is 24.3 Å². The van der Waals surface area contributed by atoms with Crippen molar-refractivity contribution in [2.45, 2.75) is 29.6 Å². The van der Waals surface area contributed by atoms with Crippen molar-refractivity contribution in [2.24, 2.45) is 0 Å². The molecule has 0 aliphatic rings. The zero-order valence-electron chi connectivity index (χ0n) is 16.4. The van der Waals surface area contributed by atoms with E-state index in [0.29, 0.717) is 5.71 Å². The quantitative estimate of drug-likeness (QED) is 0.427. The van der Waals surface area contributed by atoms with Crippen molar-refractivity contribution >= 4 is 29.5 Å². The van der Waals surface area contributed by atoms with Crippen LogP contribution in [-0.4, -0.2) is 16.8 Å². The molecule has 3 aromatic rings. The molecule has 3 nitrogen and oxygen atoms in total. The van der Waals surface area contributed by atoms with Gasteiger partial charge < -0.3 is 10.5 Å². The number of nitrogens with one attached hydrogen (secondary N) is 1. The average Bonchev–Trinajstić information content (AvgIpc) is 2.73. The summed E-state index contributed by atoms with van der Waals surface area (Å²) in [5.41, 5.74) is 2.90. The van der Waals surface area contributed by atoms with Gasteiger partial charge in [0.2, 0.25) is 0 Å². The Morgan fingerprint density at radius 3 is 2.00 bits per heavy atom. The van der Waals surface area contributed by atoms with Gasteiger partial charge in [-0.05, 0) is 48.2 Å². The first-order chi connectivity index (χ1) is 14.0. The molecular formula is C25H25NO2S. The summed E-state index contributed by atoms with van der Waals surface area (Å²) in [6, 6.07) is 28.9. The lowest BCUT2D eigenvalue weighted by Crippen LogP contribution is -1.97. The van der Waals surface area contributed by atoms with Crippen LogP contribution in [0, 0.1) is 5.41 Å². The van der Waals surface area contributed by atoms with E-state index in [-0.39, 0.29) is 0 Å². The summed E-state index contributed by atoms with van der Waals surface area (Å²) in [7, 11) is 0. The van der Waals surface area contributed by atoms with Crippen LogP contribution in [0.3, 0.4) is 0 Å². The highest BCUT2D eigenvalue weighted by Gasteiger charge is 2.02. The molecule has 0 bridgehead atoms. The van der Waals surface area contributed by atoms with Crippen molar-refractivity contribution in [1.82, 2.24) is 0 Å². The van der Waals surface area contributed by atoms with Crippen molar-refractivity contribution in [1.29, 1.82) is 5.41 Å². The predicted molar refractivity (Wildman–Crippen MR) is 122 cm³/mol. The van der Waals surface area contributed by atoms with Crippen LogP contribution in [0.5, 0.6) is 0 Å². The zero-order valence-corrected chi connectivity index (χ0v) is 17.2. The molecule has 0 saturated carbocycles. The molecule has 29 heavy (non-hydrogen) atoms. The molecule has 0 heterocycles. The van der Waals surface area contributed by atoms with Crippen molar-refractivity contribution in [3.63, 3.8) is 0 Å². The maximum absolute atomic E-state index is 9.00. The van der Waals surface area contributed by atoms with Crippen LogP contribution < -0.4 is 0 Å². The van der Waals surface area contributed by atoms with E-state index >= 15 is 0 Å². The van der Waals surface area contributed by atoms with E-state index in [9.17, 15) is 0 Å². The van der Waals surface area contributed by atoms with Gasteiger partial charge in [-0.3, -0.25) is 4.79 Å². The van der Waals surface area contributed by atoms with Gasteiger partial charge in [-0.1, -0.05) is 84.6 Å². The number of hydrogen-bond acceptors (Lipinski definition) is 3. The van der Waals surface area contributed by atoms with Gasteiger partial charge in [0.05, 0.1) is 0 Å². The summed E-state index contributed by atoms with van der Waals surface area (Å²) >= 11 is 1.75. The first-order valence-electron chi connectivity index (χ1n) is 9.36. The third-order valence-electron chi connectivity index (χ3n) is 3.85. The van der Waals surface area contributed by atoms with Gasteiger partial charge in [-0.2, -0.15) is 0 Å². The van der Waals surface area contributed by atoms with Gasteiger partial charge in [0.1, 0.15) is 0 Å². The Bertz CT molecular complexity index is 916. The van der Waals surface area contributed by atoms with Crippen LogP contribution in [-0.2, 0) is 4.79 Å². The van der Waals surface area contributed by atoms with Gasteiger partial charge in [0.25, 0.3) is 5.97 Å². The van der Waals surface area contributed by atoms with E-state index < -0.39 is 5.97 Å². The Hall–Kier alpha value is -3.11. The Labute approximate surface area is 176 Å². The number of allylic oxidation sites excluding steroid dienone is 1. The summed E-state index contributed by atoms with van der Waals surface area (Å²) in [4.78, 5) is 11.4. The van der Waals surface area contributed by atoms with E-state index in [1.54, 1.807) is 11.8 Å². The Kier molecular flexibility index (Phi) is 9.46. The van der Waals surface area contributed by atoms with Crippen LogP contribution in [0.15, 0.2) is 101 Å². The van der Waals surface area contributed by atoms with Crippen LogP contribution in [0.2, 0.25) is 0 Å². The number of rotatable bonds is 7. The topological polar surface area (TPSA) is 61.1 Å². The average molecular weight is 404 g/mol. The predicted octanol–water partition coefficient (Wildman–Crippen LogP) is 6.79. The highest BCUT2D eigenvalue weighted by Crippen LogP contribution is 2.27. The van der Waals surface area contributed by atoms with E-state index in [1.165, 1.54) is 15.4 Å². The SMILES string of the molecule is CC(=O)O.N=C(CC/C=C/c1ccccc1)c1ccc(Sc2ccccc2)cc1. The first-order valence-corrected chi connectivity index (χ1v) is 10.2. The summed E-state index contributed by atoms with van der Waals surface area (Å²) in [6.07, 6.45) is 5.90. The fourth-order valence-electron chi connectivity index (χ4n) is 2.50. The van der Waals surface area contributed by atoms with Gasteiger partial charge in [0, 0.05) is 22.4 Å². The second kappa shape index (κ2) is 12.4. The van der Waals surface area contributed by atoms with Crippen molar-refractivity contribution in [2.75, 3.05) is 0 Å². The van der Waals surface area contributed by atoms with Crippen LogP contribution in [0.1, 0.15) is 30.9 Å². The molecule has 0 aromatic heterocycles. The summed E-state index contributed by atoms with van der Waals surface area (Å²) in [5, 5.41) is 15.7. The van der Waals surface area contributed by atoms with Crippen molar-refractivity contribution in [3.8, 4) is 0 Å². The molecule has 148 valence electrons. The lowest BCUT2D eigenvalue weighted by molar-refractivity contribution is -0.134. The van der Waals surface area contributed by atoms with Gasteiger partial charge in [0.15, 0.2) is 0 Å². The number of hydrogen-bond donors (Lipinski definition) is 2. The molecule has 2 N–H and O–H groups in total. The van der Waals surface area contributed by atoms with E-state index in [4.69, 9.17) is 15.3 Å². The third-order valence-corrected chi connectivity index (χ3v) is 4.87. The monoisotopic (exact) mass is 403 g/mol. The molecule has 3 rings (SSSR count). The molecule has 4 heteroatoms. The highest BCUT2D eigenvalue weighted by molar-refractivity contribution is 7.99. The molecule has 0 saturated heterocycles. The molecule has 0 amide bonds.